The Morgan fingerprint density at radius 3 is 2.60 bits per heavy atom. The summed E-state index contributed by atoms with van der Waals surface area (Å²) in [7, 11) is 3.91. The Bertz CT molecular complexity index is 147. The zero-order valence-electron chi connectivity index (χ0n) is 6.20. The molecule has 1 rings (SSSR count). The monoisotopic (exact) mass is 144 g/mol. The minimum absolute atomic E-state index is 0.0347. The highest BCUT2D eigenvalue weighted by atomic mass is 16.6. The molecule has 0 radical (unpaired) electrons. The molecule has 0 aromatic heterocycles. The van der Waals surface area contributed by atoms with Gasteiger partial charge in [-0.05, 0) is 14.1 Å². The van der Waals surface area contributed by atoms with Crippen molar-refractivity contribution in [1.82, 2.24) is 4.90 Å². The van der Waals surface area contributed by atoms with Crippen molar-refractivity contribution >= 4 is 6.09 Å². The van der Waals surface area contributed by atoms with E-state index in [2.05, 4.69) is 0 Å². The third kappa shape index (κ3) is 1.60. The van der Waals surface area contributed by atoms with Gasteiger partial charge in [0.2, 0.25) is 0 Å². The predicted molar refractivity (Wildman–Crippen MR) is 36.5 cm³/mol. The fourth-order valence-corrected chi connectivity index (χ4v) is 0.979. The van der Waals surface area contributed by atoms with Crippen LogP contribution in [0, 0.1) is 0 Å². The standard InChI is InChI=1S/C6H12N2O2/c1-8(2)4-3-5(4)10-6(7)9/h4-5H,3H2,1-2H3,(H2,7,9)/t4-,5?/m0/s1. The van der Waals surface area contributed by atoms with Crippen LogP contribution in [0.1, 0.15) is 6.42 Å². The molecule has 2 atom stereocenters. The van der Waals surface area contributed by atoms with E-state index < -0.39 is 6.09 Å². The van der Waals surface area contributed by atoms with E-state index in [4.69, 9.17) is 10.5 Å². The topological polar surface area (TPSA) is 55.6 Å². The van der Waals surface area contributed by atoms with Crippen molar-refractivity contribution in [3.8, 4) is 0 Å². The van der Waals surface area contributed by atoms with Crippen LogP contribution in [-0.4, -0.2) is 37.2 Å². The van der Waals surface area contributed by atoms with Gasteiger partial charge in [-0.25, -0.2) is 4.79 Å². The molecule has 10 heavy (non-hydrogen) atoms. The van der Waals surface area contributed by atoms with Gasteiger partial charge in [0.25, 0.3) is 0 Å². The van der Waals surface area contributed by atoms with Crippen molar-refractivity contribution in [3.05, 3.63) is 0 Å². The molecule has 1 aliphatic carbocycles. The molecule has 4 nitrogen and oxygen atoms in total. The predicted octanol–water partition coefficient (Wildman–Crippen LogP) is -0.216. The maximum absolute atomic E-state index is 10.2. The second-order valence-electron chi connectivity index (χ2n) is 2.74. The number of ether oxygens (including phenoxy) is 1. The summed E-state index contributed by atoms with van der Waals surface area (Å²) in [6.45, 7) is 0. The molecule has 0 spiro atoms. The van der Waals surface area contributed by atoms with Crippen LogP contribution in [0.3, 0.4) is 0 Å². The van der Waals surface area contributed by atoms with Crippen molar-refractivity contribution in [1.29, 1.82) is 0 Å². The van der Waals surface area contributed by atoms with E-state index in [0.717, 1.165) is 6.42 Å². The summed E-state index contributed by atoms with van der Waals surface area (Å²) >= 11 is 0. The number of amides is 1. The summed E-state index contributed by atoms with van der Waals surface area (Å²) in [6.07, 6.45) is 0.275. The number of nitrogens with zero attached hydrogens (tertiary/aromatic N) is 1. The van der Waals surface area contributed by atoms with Crippen LogP contribution in [0.2, 0.25) is 0 Å². The lowest BCUT2D eigenvalue weighted by molar-refractivity contribution is 0.138. The molecule has 0 aromatic carbocycles. The zero-order valence-corrected chi connectivity index (χ0v) is 6.20. The molecule has 0 bridgehead atoms. The van der Waals surface area contributed by atoms with Crippen LogP contribution in [0.5, 0.6) is 0 Å². The third-order valence-electron chi connectivity index (χ3n) is 1.63. The van der Waals surface area contributed by atoms with Gasteiger partial charge >= 0.3 is 6.09 Å². The first kappa shape index (κ1) is 7.34. The molecule has 4 heteroatoms. The van der Waals surface area contributed by atoms with E-state index in [1.165, 1.54) is 0 Å². The Balaban J connectivity index is 2.19. The number of carbonyl (C=O) groups is 1. The van der Waals surface area contributed by atoms with Gasteiger partial charge in [0.15, 0.2) is 0 Å². The number of carbonyl (C=O) groups excluding carboxylic acids is 1. The lowest BCUT2D eigenvalue weighted by atomic mass is 10.6. The minimum Gasteiger partial charge on any atom is -0.445 e. The van der Waals surface area contributed by atoms with Gasteiger partial charge in [-0.15, -0.1) is 0 Å². The third-order valence-corrected chi connectivity index (χ3v) is 1.63. The van der Waals surface area contributed by atoms with Crippen LogP contribution in [0.25, 0.3) is 0 Å². The second-order valence-corrected chi connectivity index (χ2v) is 2.74. The van der Waals surface area contributed by atoms with E-state index in [0.29, 0.717) is 6.04 Å². The highest BCUT2D eigenvalue weighted by Crippen LogP contribution is 2.28. The fourth-order valence-electron chi connectivity index (χ4n) is 0.979. The summed E-state index contributed by atoms with van der Waals surface area (Å²) in [5.74, 6) is 0. The van der Waals surface area contributed by atoms with Crippen LogP contribution >= 0.6 is 0 Å². The molecule has 0 aromatic rings. The van der Waals surface area contributed by atoms with E-state index in [-0.39, 0.29) is 6.10 Å². The molecular formula is C6H12N2O2. The first-order valence-electron chi connectivity index (χ1n) is 3.24. The van der Waals surface area contributed by atoms with E-state index in [1.54, 1.807) is 0 Å². The van der Waals surface area contributed by atoms with Gasteiger partial charge in [-0.3, -0.25) is 0 Å². The molecule has 1 aliphatic rings. The van der Waals surface area contributed by atoms with Gasteiger partial charge in [-0.1, -0.05) is 0 Å². The molecule has 1 unspecified atom stereocenters. The van der Waals surface area contributed by atoms with Gasteiger partial charge in [0.1, 0.15) is 6.10 Å². The molecular weight excluding hydrogens is 132 g/mol. The average Bonchev–Trinajstić information content (AvgIpc) is 2.43. The van der Waals surface area contributed by atoms with Crippen LogP contribution in [-0.2, 0) is 4.74 Å². The largest absolute Gasteiger partial charge is 0.445 e. The molecule has 0 heterocycles. The molecule has 1 saturated carbocycles. The Hall–Kier alpha value is -0.770. The fraction of sp³-hybridized carbons (Fsp3) is 0.833. The summed E-state index contributed by atoms with van der Waals surface area (Å²) in [4.78, 5) is 12.2. The summed E-state index contributed by atoms with van der Waals surface area (Å²) in [5, 5.41) is 0. The van der Waals surface area contributed by atoms with Gasteiger partial charge in [-0.2, -0.15) is 0 Å². The summed E-state index contributed by atoms with van der Waals surface area (Å²) in [5.41, 5.74) is 4.82. The van der Waals surface area contributed by atoms with Crippen molar-refractivity contribution in [2.75, 3.05) is 14.1 Å². The molecule has 2 N–H and O–H groups in total. The van der Waals surface area contributed by atoms with Gasteiger partial charge < -0.3 is 15.4 Å². The highest BCUT2D eigenvalue weighted by Gasteiger charge is 2.41. The van der Waals surface area contributed by atoms with Crippen molar-refractivity contribution in [2.45, 2.75) is 18.6 Å². The number of likely N-dealkylation sites (N-methyl/N-ethyl adjacent to an activating group) is 1. The Morgan fingerprint density at radius 2 is 2.30 bits per heavy atom. The number of hydrogen-bond acceptors (Lipinski definition) is 3. The number of nitrogens with two attached hydrogens (primary N) is 1. The average molecular weight is 144 g/mol. The molecule has 0 saturated heterocycles. The number of hydrogen-bond donors (Lipinski definition) is 1. The van der Waals surface area contributed by atoms with Crippen LogP contribution < -0.4 is 5.73 Å². The Labute approximate surface area is 59.9 Å². The number of primary amides is 1. The number of rotatable bonds is 2. The smallest absolute Gasteiger partial charge is 0.404 e. The lowest BCUT2D eigenvalue weighted by Crippen LogP contribution is -2.22. The van der Waals surface area contributed by atoms with Crippen molar-refractivity contribution in [3.63, 3.8) is 0 Å². The first-order chi connectivity index (χ1) is 4.61. The van der Waals surface area contributed by atoms with Gasteiger partial charge in [0, 0.05) is 12.5 Å². The lowest BCUT2D eigenvalue weighted by Gasteiger charge is -2.07. The first-order valence-corrected chi connectivity index (χ1v) is 3.24. The van der Waals surface area contributed by atoms with E-state index >= 15 is 0 Å². The minimum atomic E-state index is -0.672. The van der Waals surface area contributed by atoms with Crippen LogP contribution in [0.4, 0.5) is 4.79 Å². The summed E-state index contributed by atoms with van der Waals surface area (Å²) < 4.78 is 4.73. The quantitative estimate of drug-likeness (QED) is 0.583. The molecule has 1 amide bonds. The van der Waals surface area contributed by atoms with Crippen molar-refractivity contribution < 1.29 is 9.53 Å². The highest BCUT2D eigenvalue weighted by molar-refractivity contribution is 5.65. The van der Waals surface area contributed by atoms with Gasteiger partial charge in [0.05, 0.1) is 0 Å². The Morgan fingerprint density at radius 1 is 1.70 bits per heavy atom. The summed E-state index contributed by atoms with van der Waals surface area (Å²) in [6, 6.07) is 0.382. The second kappa shape index (κ2) is 2.46. The van der Waals surface area contributed by atoms with E-state index in [9.17, 15) is 4.79 Å². The normalized spacial score (nSPS) is 30.3. The maximum atomic E-state index is 10.2. The molecule has 0 aliphatic heterocycles. The maximum Gasteiger partial charge on any atom is 0.404 e. The van der Waals surface area contributed by atoms with E-state index in [1.807, 2.05) is 19.0 Å². The zero-order chi connectivity index (χ0) is 7.72. The SMILES string of the molecule is CN(C)[C@H]1CC1OC(N)=O. The van der Waals surface area contributed by atoms with Crippen molar-refractivity contribution in [2.24, 2.45) is 5.73 Å². The molecule has 58 valence electrons. The van der Waals surface area contributed by atoms with Crippen LogP contribution in [0.15, 0.2) is 0 Å². The Kier molecular flexibility index (Phi) is 1.80. The molecule has 1 fully saturated rings.